The third-order valence-corrected chi connectivity index (χ3v) is 3.29. The summed E-state index contributed by atoms with van der Waals surface area (Å²) in [5.74, 6) is 2.20. The molecule has 2 aromatic rings. The van der Waals surface area contributed by atoms with Crippen molar-refractivity contribution >= 4 is 15.9 Å². The Morgan fingerprint density at radius 2 is 2.20 bits per heavy atom. The van der Waals surface area contributed by atoms with E-state index in [0.29, 0.717) is 18.9 Å². The summed E-state index contributed by atoms with van der Waals surface area (Å²) >= 11 is 3.44. The van der Waals surface area contributed by atoms with Crippen molar-refractivity contribution in [2.45, 2.75) is 20.1 Å². The summed E-state index contributed by atoms with van der Waals surface area (Å²) < 4.78 is 16.9. The molecule has 20 heavy (non-hydrogen) atoms. The number of aromatic nitrogens is 1. The first kappa shape index (κ1) is 14.9. The van der Waals surface area contributed by atoms with Crippen LogP contribution in [-0.4, -0.2) is 18.8 Å². The fraction of sp³-hybridized carbons (Fsp3) is 0.357. The van der Waals surface area contributed by atoms with E-state index in [-0.39, 0.29) is 0 Å². The summed E-state index contributed by atoms with van der Waals surface area (Å²) in [6.07, 6.45) is 0. The summed E-state index contributed by atoms with van der Waals surface area (Å²) in [5.41, 5.74) is 0.874. The van der Waals surface area contributed by atoms with Crippen molar-refractivity contribution in [3.05, 3.63) is 40.2 Å². The molecule has 0 unspecified atom stereocenters. The largest absolute Gasteiger partial charge is 0.497 e. The quantitative estimate of drug-likeness (QED) is 0.839. The molecule has 1 aromatic carbocycles. The molecule has 0 bridgehead atoms. The first-order valence-corrected chi connectivity index (χ1v) is 7.13. The van der Waals surface area contributed by atoms with Crippen molar-refractivity contribution in [2.24, 2.45) is 0 Å². The molecule has 108 valence electrons. The monoisotopic (exact) mass is 340 g/mol. The maximum atomic E-state index is 5.68. The molecule has 0 atom stereocenters. The van der Waals surface area contributed by atoms with Crippen molar-refractivity contribution in [1.29, 1.82) is 0 Å². The van der Waals surface area contributed by atoms with Crippen LogP contribution in [-0.2, 0) is 13.2 Å². The SMILES string of the molecule is CCNCc1cc(COc2ccc(OC)cc2Br)on1. The van der Waals surface area contributed by atoms with Gasteiger partial charge in [0.25, 0.3) is 0 Å². The smallest absolute Gasteiger partial charge is 0.174 e. The van der Waals surface area contributed by atoms with E-state index in [0.717, 1.165) is 28.2 Å². The number of halogens is 1. The van der Waals surface area contributed by atoms with Gasteiger partial charge >= 0.3 is 0 Å². The zero-order chi connectivity index (χ0) is 14.4. The summed E-state index contributed by atoms with van der Waals surface area (Å²) in [7, 11) is 1.63. The van der Waals surface area contributed by atoms with Gasteiger partial charge in [-0.25, -0.2) is 0 Å². The highest BCUT2D eigenvalue weighted by Gasteiger charge is 2.07. The molecule has 1 aromatic heterocycles. The van der Waals surface area contributed by atoms with Gasteiger partial charge in [0.1, 0.15) is 18.1 Å². The average Bonchev–Trinajstić information content (AvgIpc) is 2.91. The van der Waals surface area contributed by atoms with Gasteiger partial charge < -0.3 is 19.3 Å². The molecule has 0 saturated carbocycles. The third-order valence-electron chi connectivity index (χ3n) is 2.67. The van der Waals surface area contributed by atoms with E-state index in [1.807, 2.05) is 31.2 Å². The standard InChI is InChI=1S/C14H17BrN2O3/c1-3-16-8-10-6-12(20-17-10)9-19-14-5-4-11(18-2)7-13(14)15/h4-7,16H,3,8-9H2,1-2H3. The minimum absolute atomic E-state index is 0.337. The van der Waals surface area contributed by atoms with Crippen molar-refractivity contribution < 1.29 is 14.0 Å². The minimum atomic E-state index is 0.337. The molecule has 1 N–H and O–H groups in total. The van der Waals surface area contributed by atoms with E-state index in [4.69, 9.17) is 14.0 Å². The second-order valence-electron chi connectivity index (χ2n) is 4.15. The zero-order valence-electron chi connectivity index (χ0n) is 11.5. The number of nitrogens with one attached hydrogen (secondary N) is 1. The Balaban J connectivity index is 1.93. The van der Waals surface area contributed by atoms with E-state index in [9.17, 15) is 0 Å². The highest BCUT2D eigenvalue weighted by atomic mass is 79.9. The van der Waals surface area contributed by atoms with Gasteiger partial charge in [-0.05, 0) is 40.7 Å². The Hall–Kier alpha value is -1.53. The molecule has 0 amide bonds. The Kier molecular flexibility index (Phi) is 5.43. The lowest BCUT2D eigenvalue weighted by atomic mass is 10.3. The van der Waals surface area contributed by atoms with Gasteiger partial charge in [-0.3, -0.25) is 0 Å². The van der Waals surface area contributed by atoms with Crippen LogP contribution in [0.3, 0.4) is 0 Å². The zero-order valence-corrected chi connectivity index (χ0v) is 13.1. The molecule has 0 aliphatic rings. The summed E-state index contributed by atoms with van der Waals surface area (Å²) in [4.78, 5) is 0. The first-order chi connectivity index (χ1) is 9.72. The van der Waals surface area contributed by atoms with Gasteiger partial charge in [0.15, 0.2) is 5.76 Å². The van der Waals surface area contributed by atoms with Crippen LogP contribution in [0, 0.1) is 0 Å². The third kappa shape index (κ3) is 3.98. The normalized spacial score (nSPS) is 10.6. The van der Waals surface area contributed by atoms with Crippen LogP contribution in [0.4, 0.5) is 0 Å². The van der Waals surface area contributed by atoms with E-state index >= 15 is 0 Å². The molecular formula is C14H17BrN2O3. The van der Waals surface area contributed by atoms with Crippen molar-refractivity contribution in [3.8, 4) is 11.5 Å². The first-order valence-electron chi connectivity index (χ1n) is 6.34. The highest BCUT2D eigenvalue weighted by molar-refractivity contribution is 9.10. The number of nitrogens with zero attached hydrogens (tertiary/aromatic N) is 1. The number of rotatable bonds is 7. The summed E-state index contributed by atoms with van der Waals surface area (Å²) in [6.45, 7) is 3.99. The lowest BCUT2D eigenvalue weighted by Gasteiger charge is -2.07. The summed E-state index contributed by atoms with van der Waals surface area (Å²) in [6, 6.07) is 7.43. The van der Waals surface area contributed by atoms with Gasteiger partial charge in [0.2, 0.25) is 0 Å². The van der Waals surface area contributed by atoms with E-state index in [1.54, 1.807) is 7.11 Å². The number of hydrogen-bond donors (Lipinski definition) is 1. The maximum absolute atomic E-state index is 5.68. The Labute approximate surface area is 126 Å². The van der Waals surface area contributed by atoms with Gasteiger partial charge in [-0.1, -0.05) is 12.1 Å². The Morgan fingerprint density at radius 3 is 2.90 bits per heavy atom. The second kappa shape index (κ2) is 7.31. The van der Waals surface area contributed by atoms with Crippen LogP contribution in [0.15, 0.2) is 33.3 Å². The predicted molar refractivity (Wildman–Crippen MR) is 78.9 cm³/mol. The van der Waals surface area contributed by atoms with E-state index < -0.39 is 0 Å². The fourth-order valence-corrected chi connectivity index (χ4v) is 2.11. The van der Waals surface area contributed by atoms with E-state index in [2.05, 4.69) is 26.4 Å². The fourth-order valence-electron chi connectivity index (χ4n) is 1.63. The minimum Gasteiger partial charge on any atom is -0.497 e. The molecule has 0 aliphatic carbocycles. The maximum Gasteiger partial charge on any atom is 0.174 e. The van der Waals surface area contributed by atoms with Crippen molar-refractivity contribution in [2.75, 3.05) is 13.7 Å². The number of methoxy groups -OCH3 is 1. The van der Waals surface area contributed by atoms with Crippen LogP contribution >= 0.6 is 15.9 Å². The number of ether oxygens (including phenoxy) is 2. The van der Waals surface area contributed by atoms with Crippen LogP contribution < -0.4 is 14.8 Å². The van der Waals surface area contributed by atoms with Crippen molar-refractivity contribution in [3.63, 3.8) is 0 Å². The van der Waals surface area contributed by atoms with Gasteiger partial charge in [-0.2, -0.15) is 0 Å². The van der Waals surface area contributed by atoms with Crippen LogP contribution in [0.2, 0.25) is 0 Å². The Morgan fingerprint density at radius 1 is 1.35 bits per heavy atom. The molecule has 0 saturated heterocycles. The molecule has 0 aliphatic heterocycles. The number of benzene rings is 1. The lowest BCUT2D eigenvalue weighted by molar-refractivity contribution is 0.247. The van der Waals surface area contributed by atoms with Crippen LogP contribution in [0.25, 0.3) is 0 Å². The number of hydrogen-bond acceptors (Lipinski definition) is 5. The van der Waals surface area contributed by atoms with Gasteiger partial charge in [0.05, 0.1) is 17.3 Å². The van der Waals surface area contributed by atoms with Crippen LogP contribution in [0.1, 0.15) is 18.4 Å². The molecule has 6 heteroatoms. The molecule has 5 nitrogen and oxygen atoms in total. The second-order valence-corrected chi connectivity index (χ2v) is 5.00. The molecule has 0 fully saturated rings. The highest BCUT2D eigenvalue weighted by Crippen LogP contribution is 2.29. The lowest BCUT2D eigenvalue weighted by Crippen LogP contribution is -2.11. The predicted octanol–water partition coefficient (Wildman–Crippen LogP) is 3.13. The van der Waals surface area contributed by atoms with Crippen LogP contribution in [0.5, 0.6) is 11.5 Å². The molecule has 1 heterocycles. The van der Waals surface area contributed by atoms with E-state index in [1.165, 1.54) is 0 Å². The topological polar surface area (TPSA) is 56.5 Å². The molecule has 2 rings (SSSR count). The van der Waals surface area contributed by atoms with Crippen molar-refractivity contribution in [1.82, 2.24) is 10.5 Å². The van der Waals surface area contributed by atoms with Gasteiger partial charge in [-0.15, -0.1) is 0 Å². The average molecular weight is 341 g/mol. The molecule has 0 spiro atoms. The molecule has 0 radical (unpaired) electrons. The molecular weight excluding hydrogens is 324 g/mol. The summed E-state index contributed by atoms with van der Waals surface area (Å²) in [5, 5.41) is 7.16. The van der Waals surface area contributed by atoms with Gasteiger partial charge in [0, 0.05) is 12.6 Å². The Bertz CT molecular complexity index is 557.